The molecule has 5 rings (SSSR count). The van der Waals surface area contributed by atoms with Gasteiger partial charge in [-0.3, -0.25) is 9.11 Å². The molecular weight excluding hydrogens is 707 g/mol. The van der Waals surface area contributed by atoms with Gasteiger partial charge in [-0.25, -0.2) is 0 Å². The average molecular weight is 734 g/mol. The molecule has 0 aliphatic rings. The van der Waals surface area contributed by atoms with Gasteiger partial charge in [-0.2, -0.15) is 46.7 Å². The van der Waals surface area contributed by atoms with Crippen LogP contribution in [0, 0.1) is 0 Å². The van der Waals surface area contributed by atoms with Crippen molar-refractivity contribution in [2.45, 2.75) is 22.6 Å². The van der Waals surface area contributed by atoms with Gasteiger partial charge >= 0.3 is 0 Å². The summed E-state index contributed by atoms with van der Waals surface area (Å²) in [6, 6.07) is 20.7. The van der Waals surface area contributed by atoms with Crippen LogP contribution in [0.25, 0.3) is 0 Å². The first-order valence-corrected chi connectivity index (χ1v) is 17.5. The van der Waals surface area contributed by atoms with Gasteiger partial charge in [0.05, 0.1) is 11.4 Å². The van der Waals surface area contributed by atoms with E-state index in [9.17, 15) is 25.9 Å². The van der Waals surface area contributed by atoms with Crippen LogP contribution in [0.2, 0.25) is 10.6 Å². The van der Waals surface area contributed by atoms with Gasteiger partial charge in [0.2, 0.25) is 34.4 Å². The Balaban J connectivity index is 1.43. The van der Waals surface area contributed by atoms with Gasteiger partial charge in [0.1, 0.15) is 9.79 Å². The van der Waals surface area contributed by atoms with E-state index < -0.39 is 41.4 Å². The molecule has 2 aromatic heterocycles. The van der Waals surface area contributed by atoms with Crippen molar-refractivity contribution in [1.29, 1.82) is 0 Å². The van der Waals surface area contributed by atoms with Gasteiger partial charge in [0, 0.05) is 13.1 Å². The van der Waals surface area contributed by atoms with Crippen LogP contribution in [0.4, 0.5) is 35.2 Å². The highest BCUT2D eigenvalue weighted by Gasteiger charge is 2.26. The van der Waals surface area contributed by atoms with Crippen molar-refractivity contribution in [3.05, 3.63) is 94.5 Å². The monoisotopic (exact) mass is 732 g/mol. The molecule has 5 aromatic rings. The lowest BCUT2D eigenvalue weighted by atomic mass is 10.1. The Hall–Kier alpha value is -4.72. The van der Waals surface area contributed by atoms with Gasteiger partial charge in [-0.05, 0) is 59.3 Å². The smallest absolute Gasteiger partial charge is 0.296 e. The van der Waals surface area contributed by atoms with Crippen LogP contribution in [0.3, 0.4) is 0 Å². The van der Waals surface area contributed by atoms with Crippen LogP contribution < -0.4 is 21.3 Å². The van der Waals surface area contributed by atoms with Crippen LogP contribution >= 0.6 is 23.2 Å². The highest BCUT2D eigenvalue weighted by molar-refractivity contribution is 7.86. The summed E-state index contributed by atoms with van der Waals surface area (Å²) in [5, 5.41) is 10.7. The van der Waals surface area contributed by atoms with Gasteiger partial charge in [0.15, 0.2) is 0 Å². The molecule has 0 saturated heterocycles. The van der Waals surface area contributed by atoms with E-state index >= 15 is 0 Å². The lowest BCUT2D eigenvalue weighted by Gasteiger charge is -2.16. The Labute approximate surface area is 285 Å². The van der Waals surface area contributed by atoms with Crippen LogP contribution in [0.5, 0.6) is 0 Å². The molecular formula is C28H26Cl2N10O6S2. The number of hydrogen-bond donors (Lipinski definition) is 6. The zero-order valence-corrected chi connectivity index (χ0v) is 27.7. The summed E-state index contributed by atoms with van der Waals surface area (Å²) in [5.41, 5.74) is 1.28. The summed E-state index contributed by atoms with van der Waals surface area (Å²) in [6.45, 7) is 0.823. The molecule has 6 N–H and O–H groups in total. The Bertz CT molecular complexity index is 1980. The predicted molar refractivity (Wildman–Crippen MR) is 180 cm³/mol. The van der Waals surface area contributed by atoms with Crippen molar-refractivity contribution < 1.29 is 25.9 Å². The summed E-state index contributed by atoms with van der Waals surface area (Å²) >= 11 is 12.2. The molecule has 0 saturated carbocycles. The molecule has 0 atom stereocenters. The van der Waals surface area contributed by atoms with E-state index in [1.54, 1.807) is 0 Å². The minimum Gasteiger partial charge on any atom is -0.354 e. The molecule has 0 aliphatic carbocycles. The van der Waals surface area contributed by atoms with Gasteiger partial charge in [-0.15, -0.1) is 0 Å². The summed E-state index contributed by atoms with van der Waals surface area (Å²) in [4.78, 5) is 22.4. The number of rotatable bonds is 14. The zero-order valence-electron chi connectivity index (χ0n) is 24.5. The lowest BCUT2D eigenvalue weighted by Crippen LogP contribution is -2.13. The number of nitrogens with zero attached hydrogens (tertiary/aromatic N) is 6. The molecule has 20 heteroatoms. The van der Waals surface area contributed by atoms with E-state index in [4.69, 9.17) is 23.2 Å². The average Bonchev–Trinajstić information content (AvgIpc) is 3.00. The second-order valence-corrected chi connectivity index (χ2v) is 13.3. The van der Waals surface area contributed by atoms with Crippen LogP contribution in [-0.4, -0.2) is 68.9 Å². The molecule has 0 fully saturated rings. The first kappa shape index (κ1) is 34.6. The maximum Gasteiger partial charge on any atom is 0.296 e. The van der Waals surface area contributed by atoms with Crippen molar-refractivity contribution >= 4 is 78.6 Å². The van der Waals surface area contributed by atoms with Crippen molar-refractivity contribution in [2.24, 2.45) is 0 Å². The SMILES string of the molecule is O=S(=O)(O)c1cc(S(=O)(=O)O)c(Nc2nc(Cl)nc(NCCc3ccccc3)n2)cc1Nc1nc(Cl)nc(NCCc2ccccc2)n1. The van der Waals surface area contributed by atoms with Crippen molar-refractivity contribution in [3.8, 4) is 0 Å². The first-order chi connectivity index (χ1) is 22.8. The van der Waals surface area contributed by atoms with Crippen LogP contribution in [0.15, 0.2) is 82.6 Å². The van der Waals surface area contributed by atoms with E-state index in [-0.39, 0.29) is 34.4 Å². The Kier molecular flexibility index (Phi) is 10.8. The number of anilines is 6. The van der Waals surface area contributed by atoms with Gasteiger partial charge in [-0.1, -0.05) is 60.7 Å². The molecule has 16 nitrogen and oxygen atoms in total. The fraction of sp³-hybridized carbons (Fsp3) is 0.143. The number of aromatic nitrogens is 6. The Morgan fingerprint density at radius 2 is 0.917 bits per heavy atom. The minimum absolute atomic E-state index is 0.0434. The summed E-state index contributed by atoms with van der Waals surface area (Å²) in [7, 11) is -10.2. The first-order valence-electron chi connectivity index (χ1n) is 13.9. The normalized spacial score (nSPS) is 11.6. The Morgan fingerprint density at radius 3 is 1.29 bits per heavy atom. The number of benzene rings is 3. The molecule has 0 spiro atoms. The van der Waals surface area contributed by atoms with E-state index in [1.807, 2.05) is 60.7 Å². The molecule has 48 heavy (non-hydrogen) atoms. The number of hydrogen-bond acceptors (Lipinski definition) is 14. The van der Waals surface area contributed by atoms with Gasteiger partial charge in [0.25, 0.3) is 20.2 Å². The summed E-state index contributed by atoms with van der Waals surface area (Å²) in [6.07, 6.45) is 1.24. The lowest BCUT2D eigenvalue weighted by molar-refractivity contribution is 0.482. The molecule has 0 amide bonds. The number of halogens is 2. The highest BCUT2D eigenvalue weighted by Crippen LogP contribution is 2.34. The van der Waals surface area contributed by atoms with E-state index in [1.165, 1.54) is 0 Å². The van der Waals surface area contributed by atoms with Crippen molar-refractivity contribution in [2.75, 3.05) is 34.4 Å². The fourth-order valence-corrected chi connectivity index (χ4v) is 6.03. The Morgan fingerprint density at radius 1 is 0.542 bits per heavy atom. The standard InChI is InChI=1S/C28H26Cl2N10O6S2/c29-23-35-25(31-13-11-17-7-3-1-4-8-17)39-27(37-23)33-19-15-20(22(48(44,45)46)16-21(19)47(41,42)43)34-28-38-24(30)36-26(40-28)32-14-12-18-9-5-2-6-10-18/h1-10,15-16H,11-14H2,(H,41,42,43)(H,44,45,46)(H2,31,33,35,37,39)(H2,32,34,36,38,40). The molecule has 3 aromatic carbocycles. The van der Waals surface area contributed by atoms with Crippen molar-refractivity contribution in [1.82, 2.24) is 29.9 Å². The van der Waals surface area contributed by atoms with E-state index in [2.05, 4.69) is 51.2 Å². The quantitative estimate of drug-likeness (QED) is 0.0852. The number of nitrogens with one attached hydrogen (secondary N) is 4. The van der Waals surface area contributed by atoms with Crippen molar-refractivity contribution in [3.63, 3.8) is 0 Å². The largest absolute Gasteiger partial charge is 0.354 e. The third-order valence-electron chi connectivity index (χ3n) is 6.43. The molecule has 250 valence electrons. The highest BCUT2D eigenvalue weighted by atomic mass is 35.5. The maximum absolute atomic E-state index is 12.4. The van der Waals surface area contributed by atoms with E-state index in [0.29, 0.717) is 32.0 Å². The molecule has 0 aliphatic heterocycles. The maximum atomic E-state index is 12.4. The molecule has 0 bridgehead atoms. The summed E-state index contributed by atoms with van der Waals surface area (Å²) in [5.74, 6) is -0.440. The summed E-state index contributed by atoms with van der Waals surface area (Å²) < 4.78 is 69.4. The molecule has 0 unspecified atom stereocenters. The second kappa shape index (κ2) is 15.0. The fourth-order valence-electron chi connectivity index (χ4n) is 4.32. The predicted octanol–water partition coefficient (Wildman–Crippen LogP) is 4.65. The molecule has 0 radical (unpaired) electrons. The topological polar surface area (TPSA) is 234 Å². The molecule has 2 heterocycles. The van der Waals surface area contributed by atoms with Crippen LogP contribution in [-0.2, 0) is 33.1 Å². The minimum atomic E-state index is -5.10. The van der Waals surface area contributed by atoms with Gasteiger partial charge < -0.3 is 21.3 Å². The second-order valence-electron chi connectivity index (χ2n) is 9.87. The van der Waals surface area contributed by atoms with Crippen LogP contribution in [0.1, 0.15) is 11.1 Å². The third kappa shape index (κ3) is 9.66. The zero-order chi connectivity index (χ0) is 34.3. The van der Waals surface area contributed by atoms with E-state index in [0.717, 1.165) is 17.2 Å². The third-order valence-corrected chi connectivity index (χ3v) is 8.55.